The van der Waals surface area contributed by atoms with Crippen molar-refractivity contribution in [1.82, 2.24) is 0 Å². The molecule has 0 amide bonds. The smallest absolute Gasteiger partial charge is 0.261 e. The Balaban J connectivity index is 2.26. The van der Waals surface area contributed by atoms with Crippen LogP contribution in [0.25, 0.3) is 0 Å². The van der Waals surface area contributed by atoms with Crippen LogP contribution in [0.1, 0.15) is 5.56 Å². The van der Waals surface area contributed by atoms with E-state index in [9.17, 15) is 13.5 Å². The zero-order valence-corrected chi connectivity index (χ0v) is 13.6. The summed E-state index contributed by atoms with van der Waals surface area (Å²) in [6.07, 6.45) is 0. The Morgan fingerprint density at radius 1 is 1.19 bits per heavy atom. The molecule has 0 atom stereocenters. The first-order valence-corrected chi connectivity index (χ1v) is 8.61. The van der Waals surface area contributed by atoms with Crippen molar-refractivity contribution in [3.8, 4) is 11.5 Å². The molecule has 0 saturated carbocycles. The number of hydrogen-bond donors (Lipinski definition) is 2. The van der Waals surface area contributed by atoms with Crippen molar-refractivity contribution in [3.63, 3.8) is 0 Å². The van der Waals surface area contributed by atoms with Crippen LogP contribution in [0.3, 0.4) is 0 Å². The first-order chi connectivity index (χ1) is 9.96. The van der Waals surface area contributed by atoms with Gasteiger partial charge in [-0.3, -0.25) is 4.72 Å². The number of phenolic OH excluding ortho intramolecular Hbond substituents is 1. The lowest BCUT2D eigenvalue weighted by atomic mass is 10.2. The molecule has 0 radical (unpaired) electrons. The van der Waals surface area contributed by atoms with E-state index < -0.39 is 10.0 Å². The molecule has 7 heteroatoms. The van der Waals surface area contributed by atoms with E-state index in [2.05, 4.69) is 20.7 Å². The molecule has 0 unspecified atom stereocenters. The molecular weight excluding hydrogens is 358 g/mol. The van der Waals surface area contributed by atoms with E-state index in [4.69, 9.17) is 4.74 Å². The minimum Gasteiger partial charge on any atom is -0.504 e. The average molecular weight is 372 g/mol. The van der Waals surface area contributed by atoms with Crippen LogP contribution in [0.4, 0.5) is 5.69 Å². The highest BCUT2D eigenvalue weighted by Gasteiger charge is 2.15. The van der Waals surface area contributed by atoms with Gasteiger partial charge >= 0.3 is 0 Å². The Morgan fingerprint density at radius 2 is 1.86 bits per heavy atom. The highest BCUT2D eigenvalue weighted by atomic mass is 79.9. The number of halogens is 1. The molecule has 0 aliphatic carbocycles. The van der Waals surface area contributed by atoms with Crippen molar-refractivity contribution in [1.29, 1.82) is 0 Å². The van der Waals surface area contributed by atoms with Crippen molar-refractivity contribution in [3.05, 3.63) is 48.0 Å². The molecule has 21 heavy (non-hydrogen) atoms. The third-order valence-corrected chi connectivity index (χ3v) is 4.86. The van der Waals surface area contributed by atoms with Gasteiger partial charge in [0.05, 0.1) is 17.7 Å². The Kier molecular flexibility index (Phi) is 4.74. The number of benzene rings is 2. The van der Waals surface area contributed by atoms with Gasteiger partial charge in [0.15, 0.2) is 11.5 Å². The molecule has 0 saturated heterocycles. The molecule has 0 heterocycles. The second-order valence-corrected chi connectivity index (χ2v) is 6.51. The monoisotopic (exact) mass is 371 g/mol. The lowest BCUT2D eigenvalue weighted by Crippen LogP contribution is -2.12. The predicted octanol–water partition coefficient (Wildman–Crippen LogP) is 3.10. The number of hydrogen-bond acceptors (Lipinski definition) is 4. The maximum atomic E-state index is 12.2. The standard InChI is InChI=1S/C14H14BrNO4S/c1-20-14-7-4-11(8-13(14)17)16-21(18,19)12-5-2-10(9-15)3-6-12/h2-8,16-17H,9H2,1H3. The third kappa shape index (κ3) is 3.68. The van der Waals surface area contributed by atoms with E-state index in [0.29, 0.717) is 5.33 Å². The van der Waals surface area contributed by atoms with Gasteiger partial charge in [-0.15, -0.1) is 0 Å². The van der Waals surface area contributed by atoms with E-state index in [0.717, 1.165) is 5.56 Å². The zero-order valence-electron chi connectivity index (χ0n) is 11.2. The quantitative estimate of drug-likeness (QED) is 0.791. The number of phenols is 1. The summed E-state index contributed by atoms with van der Waals surface area (Å²) in [6.45, 7) is 0. The van der Waals surface area contributed by atoms with Crippen molar-refractivity contribution < 1.29 is 18.3 Å². The second kappa shape index (κ2) is 6.36. The lowest BCUT2D eigenvalue weighted by molar-refractivity contribution is 0.373. The highest BCUT2D eigenvalue weighted by molar-refractivity contribution is 9.08. The maximum absolute atomic E-state index is 12.2. The SMILES string of the molecule is COc1ccc(NS(=O)(=O)c2ccc(CBr)cc2)cc1O. The van der Waals surface area contributed by atoms with Gasteiger partial charge in [0.2, 0.25) is 0 Å². The molecule has 0 fully saturated rings. The molecule has 0 spiro atoms. The van der Waals surface area contributed by atoms with Crippen molar-refractivity contribution in [2.24, 2.45) is 0 Å². The van der Waals surface area contributed by atoms with E-state index >= 15 is 0 Å². The number of rotatable bonds is 5. The molecule has 5 nitrogen and oxygen atoms in total. The maximum Gasteiger partial charge on any atom is 0.261 e. The Hall–Kier alpha value is -1.73. The van der Waals surface area contributed by atoms with Crippen LogP contribution in [-0.2, 0) is 15.4 Å². The van der Waals surface area contributed by atoms with Crippen LogP contribution in [-0.4, -0.2) is 20.6 Å². The Morgan fingerprint density at radius 3 is 2.38 bits per heavy atom. The van der Waals surface area contributed by atoms with Crippen molar-refractivity contribution in [2.45, 2.75) is 10.2 Å². The molecule has 0 aromatic heterocycles. The second-order valence-electron chi connectivity index (χ2n) is 4.27. The van der Waals surface area contributed by atoms with Crippen molar-refractivity contribution in [2.75, 3.05) is 11.8 Å². The van der Waals surface area contributed by atoms with Gasteiger partial charge in [0.1, 0.15) is 0 Å². The molecule has 2 rings (SSSR count). The molecule has 0 bridgehead atoms. The number of nitrogens with one attached hydrogen (secondary N) is 1. The van der Waals surface area contributed by atoms with Gasteiger partial charge in [-0.25, -0.2) is 8.42 Å². The summed E-state index contributed by atoms with van der Waals surface area (Å²) in [7, 11) is -2.27. The van der Waals surface area contributed by atoms with Crippen LogP contribution < -0.4 is 9.46 Å². The number of alkyl halides is 1. The Labute approximate surface area is 131 Å². The van der Waals surface area contributed by atoms with E-state index in [1.54, 1.807) is 12.1 Å². The van der Waals surface area contributed by atoms with Crippen molar-refractivity contribution >= 4 is 31.6 Å². The minimum atomic E-state index is -3.69. The van der Waals surface area contributed by atoms with Crippen LogP contribution in [0, 0.1) is 0 Å². The summed E-state index contributed by atoms with van der Waals surface area (Å²) >= 11 is 3.30. The molecular formula is C14H14BrNO4S. The fourth-order valence-electron chi connectivity index (χ4n) is 1.73. The van der Waals surface area contributed by atoms with E-state index in [-0.39, 0.29) is 22.1 Å². The summed E-state index contributed by atoms with van der Waals surface area (Å²) in [5, 5.41) is 10.3. The fourth-order valence-corrected chi connectivity index (χ4v) is 3.15. The number of aromatic hydroxyl groups is 1. The zero-order chi connectivity index (χ0) is 15.5. The summed E-state index contributed by atoms with van der Waals surface area (Å²) in [5.74, 6) is 0.145. The summed E-state index contributed by atoms with van der Waals surface area (Å²) in [6, 6.07) is 10.8. The summed E-state index contributed by atoms with van der Waals surface area (Å²) in [4.78, 5) is 0.155. The molecule has 2 aromatic rings. The normalized spacial score (nSPS) is 11.1. The van der Waals surface area contributed by atoms with Crippen LogP contribution >= 0.6 is 15.9 Å². The summed E-state index contributed by atoms with van der Waals surface area (Å²) in [5.41, 5.74) is 1.24. The highest BCUT2D eigenvalue weighted by Crippen LogP contribution is 2.29. The molecule has 2 aromatic carbocycles. The molecule has 0 aliphatic rings. The largest absolute Gasteiger partial charge is 0.504 e. The predicted molar refractivity (Wildman–Crippen MR) is 84.5 cm³/mol. The minimum absolute atomic E-state index is 0.132. The first kappa shape index (κ1) is 15.7. The van der Waals surface area contributed by atoms with Crippen LogP contribution in [0.15, 0.2) is 47.4 Å². The van der Waals surface area contributed by atoms with Gasteiger partial charge in [-0.05, 0) is 29.8 Å². The van der Waals surface area contributed by atoms with Crippen LogP contribution in [0.5, 0.6) is 11.5 Å². The first-order valence-electron chi connectivity index (χ1n) is 6.01. The van der Waals surface area contributed by atoms with E-state index in [1.165, 1.54) is 37.4 Å². The van der Waals surface area contributed by atoms with E-state index in [1.807, 2.05) is 0 Å². The molecule has 112 valence electrons. The molecule has 0 aliphatic heterocycles. The summed E-state index contributed by atoms with van der Waals surface area (Å²) < 4.78 is 31.8. The van der Waals surface area contributed by atoms with Gasteiger partial charge in [0, 0.05) is 11.4 Å². The third-order valence-electron chi connectivity index (χ3n) is 2.82. The van der Waals surface area contributed by atoms with Crippen LogP contribution in [0.2, 0.25) is 0 Å². The Bertz CT molecular complexity index is 729. The number of anilines is 1. The average Bonchev–Trinajstić information content (AvgIpc) is 2.47. The molecule has 2 N–H and O–H groups in total. The lowest BCUT2D eigenvalue weighted by Gasteiger charge is -2.10. The van der Waals surface area contributed by atoms with Gasteiger partial charge in [-0.1, -0.05) is 28.1 Å². The number of ether oxygens (including phenoxy) is 1. The van der Waals surface area contributed by atoms with Gasteiger partial charge in [-0.2, -0.15) is 0 Å². The number of methoxy groups -OCH3 is 1. The topological polar surface area (TPSA) is 75.6 Å². The fraction of sp³-hybridized carbons (Fsp3) is 0.143. The van der Waals surface area contributed by atoms with Gasteiger partial charge in [0.25, 0.3) is 10.0 Å². The van der Waals surface area contributed by atoms with Gasteiger partial charge < -0.3 is 9.84 Å². The number of sulfonamides is 1.